The molecule has 0 fully saturated rings. The second kappa shape index (κ2) is 11.0. The predicted octanol–water partition coefficient (Wildman–Crippen LogP) is 3.26. The van der Waals surface area contributed by atoms with Gasteiger partial charge in [-0.2, -0.15) is 0 Å². The first kappa shape index (κ1) is 23.9. The van der Waals surface area contributed by atoms with Crippen LogP contribution in [0.15, 0.2) is 47.4 Å². The first-order valence-corrected chi connectivity index (χ1v) is 10.5. The Labute approximate surface area is 173 Å². The molecule has 3 N–H and O–H groups in total. The quantitative estimate of drug-likeness (QED) is 0.538. The molecule has 2 aromatic rings. The highest BCUT2D eigenvalue weighted by Gasteiger charge is 2.15. The lowest BCUT2D eigenvalue weighted by Crippen LogP contribution is -2.32. The number of nitrogens with one attached hydrogen (secondary N) is 3. The van der Waals surface area contributed by atoms with E-state index in [0.717, 1.165) is 24.1 Å². The molecule has 0 atom stereocenters. The number of halogens is 1. The van der Waals surface area contributed by atoms with Gasteiger partial charge in [0.15, 0.2) is 0 Å². The van der Waals surface area contributed by atoms with Crippen molar-refractivity contribution in [2.75, 3.05) is 24.4 Å². The molecule has 0 aromatic heterocycles. The largest absolute Gasteiger partial charge is 0.351 e. The van der Waals surface area contributed by atoms with Crippen LogP contribution in [0.2, 0.25) is 0 Å². The molecule has 0 aliphatic rings. The van der Waals surface area contributed by atoms with Crippen LogP contribution in [-0.4, -0.2) is 34.0 Å². The molecule has 0 saturated carbocycles. The molecule has 2 rings (SSSR count). The molecule has 6 nitrogen and oxygen atoms in total. The van der Waals surface area contributed by atoms with Crippen LogP contribution in [0.5, 0.6) is 0 Å². The Kier molecular flexibility index (Phi) is 9.45. The third kappa shape index (κ3) is 6.82. The molecular formula is C20H28ClN3O3S. The summed E-state index contributed by atoms with van der Waals surface area (Å²) in [4.78, 5) is 12.3. The Bertz CT molecular complexity index is 884. The lowest BCUT2D eigenvalue weighted by molar-refractivity contribution is 0.0954. The van der Waals surface area contributed by atoms with Crippen molar-refractivity contribution >= 4 is 34.0 Å². The van der Waals surface area contributed by atoms with E-state index in [0.29, 0.717) is 24.3 Å². The van der Waals surface area contributed by atoms with Crippen molar-refractivity contribution in [3.63, 3.8) is 0 Å². The van der Waals surface area contributed by atoms with Crippen LogP contribution in [-0.2, 0) is 10.0 Å². The summed E-state index contributed by atoms with van der Waals surface area (Å²) in [7, 11) is -3.67. The molecule has 2 aromatic carbocycles. The molecule has 0 radical (unpaired) electrons. The molecule has 0 unspecified atom stereocenters. The number of benzene rings is 2. The van der Waals surface area contributed by atoms with E-state index in [1.807, 2.05) is 13.8 Å². The van der Waals surface area contributed by atoms with E-state index in [1.165, 1.54) is 0 Å². The van der Waals surface area contributed by atoms with Crippen LogP contribution >= 0.6 is 12.4 Å². The number of hydrogen-bond donors (Lipinski definition) is 3. The Morgan fingerprint density at radius 3 is 2.21 bits per heavy atom. The van der Waals surface area contributed by atoms with Gasteiger partial charge in [0.25, 0.3) is 15.9 Å². The second-order valence-corrected chi connectivity index (χ2v) is 8.12. The van der Waals surface area contributed by atoms with Gasteiger partial charge in [-0.15, -0.1) is 12.4 Å². The summed E-state index contributed by atoms with van der Waals surface area (Å²) in [6.07, 6.45) is 1.05. The minimum atomic E-state index is -3.67. The number of rotatable bonds is 9. The smallest absolute Gasteiger partial charge is 0.261 e. The molecule has 0 spiro atoms. The number of hydrogen-bond acceptors (Lipinski definition) is 4. The van der Waals surface area contributed by atoms with Gasteiger partial charge in [0.1, 0.15) is 0 Å². The molecule has 0 aliphatic carbocycles. The molecular weight excluding hydrogens is 398 g/mol. The van der Waals surface area contributed by atoms with Crippen LogP contribution in [0.1, 0.15) is 34.8 Å². The Hall–Kier alpha value is -2.09. The van der Waals surface area contributed by atoms with Crippen molar-refractivity contribution < 1.29 is 13.2 Å². The fourth-order valence-corrected chi connectivity index (χ4v) is 3.60. The fraction of sp³-hybridized carbons (Fsp3) is 0.350. The van der Waals surface area contributed by atoms with Crippen LogP contribution < -0.4 is 15.4 Å². The molecule has 0 saturated heterocycles. The molecule has 0 bridgehead atoms. The lowest BCUT2D eigenvalue weighted by atomic mass is 10.1. The summed E-state index contributed by atoms with van der Waals surface area (Å²) in [5.74, 6) is -0.183. The van der Waals surface area contributed by atoms with Gasteiger partial charge in [-0.3, -0.25) is 9.52 Å². The number of carbonyl (C=O) groups is 1. The molecule has 8 heteroatoms. The second-order valence-electron chi connectivity index (χ2n) is 6.43. The predicted molar refractivity (Wildman–Crippen MR) is 116 cm³/mol. The maximum atomic E-state index is 12.5. The number of aryl methyl sites for hydroxylation is 2. The average molecular weight is 426 g/mol. The van der Waals surface area contributed by atoms with Crippen LogP contribution in [0.25, 0.3) is 0 Å². The van der Waals surface area contributed by atoms with Crippen LogP contribution in [0.3, 0.4) is 0 Å². The zero-order valence-electron chi connectivity index (χ0n) is 16.4. The Morgan fingerprint density at radius 1 is 0.929 bits per heavy atom. The normalized spacial score (nSPS) is 10.8. The van der Waals surface area contributed by atoms with E-state index in [4.69, 9.17) is 0 Å². The van der Waals surface area contributed by atoms with Gasteiger partial charge in [0.2, 0.25) is 0 Å². The SMILES string of the molecule is CCCNCCNC(=O)c1ccc(NS(=O)(=O)c2ccc(C)c(C)c2)cc1.Cl. The minimum Gasteiger partial charge on any atom is -0.351 e. The zero-order chi connectivity index (χ0) is 19.9. The van der Waals surface area contributed by atoms with Crippen molar-refractivity contribution in [2.45, 2.75) is 32.1 Å². The van der Waals surface area contributed by atoms with E-state index < -0.39 is 10.0 Å². The number of amides is 1. The molecule has 28 heavy (non-hydrogen) atoms. The minimum absolute atomic E-state index is 0. The summed E-state index contributed by atoms with van der Waals surface area (Å²) in [5, 5.41) is 6.03. The van der Waals surface area contributed by atoms with E-state index in [9.17, 15) is 13.2 Å². The van der Waals surface area contributed by atoms with Crippen LogP contribution in [0.4, 0.5) is 5.69 Å². The maximum Gasteiger partial charge on any atom is 0.261 e. The highest BCUT2D eigenvalue weighted by molar-refractivity contribution is 7.92. The number of carbonyl (C=O) groups excluding carboxylic acids is 1. The summed E-state index contributed by atoms with van der Waals surface area (Å²) in [6.45, 7) is 8.07. The van der Waals surface area contributed by atoms with Crippen molar-refractivity contribution in [3.05, 3.63) is 59.2 Å². The first-order chi connectivity index (χ1) is 12.8. The average Bonchev–Trinajstić information content (AvgIpc) is 2.64. The van der Waals surface area contributed by atoms with E-state index in [2.05, 4.69) is 22.3 Å². The maximum absolute atomic E-state index is 12.5. The van der Waals surface area contributed by atoms with Gasteiger partial charge >= 0.3 is 0 Å². The molecule has 0 aliphatic heterocycles. The van der Waals surface area contributed by atoms with Gasteiger partial charge in [-0.25, -0.2) is 8.42 Å². The zero-order valence-corrected chi connectivity index (χ0v) is 18.0. The third-order valence-electron chi connectivity index (χ3n) is 4.20. The van der Waals surface area contributed by atoms with Crippen molar-refractivity contribution in [1.82, 2.24) is 10.6 Å². The topological polar surface area (TPSA) is 87.3 Å². The summed E-state index contributed by atoms with van der Waals surface area (Å²) < 4.78 is 27.6. The van der Waals surface area contributed by atoms with E-state index in [1.54, 1.807) is 42.5 Å². The van der Waals surface area contributed by atoms with Crippen LogP contribution in [0, 0.1) is 13.8 Å². The first-order valence-electron chi connectivity index (χ1n) is 9.02. The monoisotopic (exact) mass is 425 g/mol. The van der Waals surface area contributed by atoms with Gasteiger partial charge < -0.3 is 10.6 Å². The van der Waals surface area contributed by atoms with Crippen molar-refractivity contribution in [2.24, 2.45) is 0 Å². The molecule has 1 amide bonds. The lowest BCUT2D eigenvalue weighted by Gasteiger charge is -2.11. The highest BCUT2D eigenvalue weighted by Crippen LogP contribution is 2.19. The van der Waals surface area contributed by atoms with E-state index >= 15 is 0 Å². The van der Waals surface area contributed by atoms with Gasteiger partial charge in [-0.05, 0) is 74.3 Å². The molecule has 154 valence electrons. The van der Waals surface area contributed by atoms with Gasteiger partial charge in [0.05, 0.1) is 4.90 Å². The third-order valence-corrected chi connectivity index (χ3v) is 5.58. The van der Waals surface area contributed by atoms with Crippen molar-refractivity contribution in [1.29, 1.82) is 0 Å². The van der Waals surface area contributed by atoms with E-state index in [-0.39, 0.29) is 23.2 Å². The number of sulfonamides is 1. The Morgan fingerprint density at radius 2 is 1.61 bits per heavy atom. The Balaban J connectivity index is 0.00000392. The summed E-state index contributed by atoms with van der Waals surface area (Å²) in [6, 6.07) is 11.4. The van der Waals surface area contributed by atoms with Gasteiger partial charge in [-0.1, -0.05) is 13.0 Å². The van der Waals surface area contributed by atoms with Gasteiger partial charge in [0, 0.05) is 24.3 Å². The standard InChI is InChI=1S/C20H27N3O3S.ClH/c1-4-11-21-12-13-22-20(24)17-6-8-18(9-7-17)23-27(25,26)19-10-5-15(2)16(3)14-19;/h5-10,14,21,23H,4,11-13H2,1-3H3,(H,22,24);1H. The summed E-state index contributed by atoms with van der Waals surface area (Å²) in [5.41, 5.74) is 2.85. The highest BCUT2D eigenvalue weighted by atomic mass is 35.5. The number of anilines is 1. The van der Waals surface area contributed by atoms with Crippen molar-refractivity contribution in [3.8, 4) is 0 Å². The summed E-state index contributed by atoms with van der Waals surface area (Å²) >= 11 is 0. The fourth-order valence-electron chi connectivity index (χ4n) is 2.45. The molecule has 0 heterocycles.